The predicted octanol–water partition coefficient (Wildman–Crippen LogP) is 6.58. The highest BCUT2D eigenvalue weighted by Gasteiger charge is 2.23. The lowest BCUT2D eigenvalue weighted by Crippen LogP contribution is -2.31. The van der Waals surface area contributed by atoms with Gasteiger partial charge in [-0.15, -0.1) is 0 Å². The van der Waals surface area contributed by atoms with E-state index in [0.29, 0.717) is 28.1 Å². The third-order valence-electron chi connectivity index (χ3n) is 6.55. The number of nitrogens with one attached hydrogen (secondary N) is 2. The number of halogens is 1. The SMILES string of the molecule is O=C(O)CC(NC(=O)c1cc(Br)ccc1NC(=O)CC1CCCC1)c1ccc(-c2ccccc2)cc1. The Bertz CT molecular complexity index is 1220. The van der Waals surface area contributed by atoms with Crippen molar-refractivity contribution in [2.75, 3.05) is 5.32 Å². The molecule has 0 saturated heterocycles. The van der Waals surface area contributed by atoms with Crippen molar-refractivity contribution in [1.29, 1.82) is 0 Å². The molecule has 2 amide bonds. The lowest BCUT2D eigenvalue weighted by Gasteiger charge is -2.20. The Morgan fingerprint density at radius 3 is 2.25 bits per heavy atom. The van der Waals surface area contributed by atoms with Crippen LogP contribution in [0.25, 0.3) is 11.1 Å². The van der Waals surface area contributed by atoms with E-state index in [1.807, 2.05) is 54.6 Å². The summed E-state index contributed by atoms with van der Waals surface area (Å²) in [6.45, 7) is 0. The van der Waals surface area contributed by atoms with Crippen LogP contribution in [-0.4, -0.2) is 22.9 Å². The van der Waals surface area contributed by atoms with Crippen molar-refractivity contribution in [3.05, 3.63) is 88.4 Å². The monoisotopic (exact) mass is 548 g/mol. The van der Waals surface area contributed by atoms with Crippen molar-refractivity contribution in [2.24, 2.45) is 5.92 Å². The number of anilines is 1. The largest absolute Gasteiger partial charge is 0.481 e. The minimum absolute atomic E-state index is 0.114. The number of amides is 2. The second-order valence-electron chi connectivity index (χ2n) is 9.20. The second kappa shape index (κ2) is 12.0. The number of hydrogen-bond donors (Lipinski definition) is 3. The molecule has 1 unspecified atom stereocenters. The first-order valence-corrected chi connectivity index (χ1v) is 13.0. The van der Waals surface area contributed by atoms with E-state index in [2.05, 4.69) is 26.6 Å². The molecule has 1 aliphatic carbocycles. The molecule has 36 heavy (non-hydrogen) atoms. The molecule has 0 heterocycles. The number of rotatable bonds is 9. The number of benzene rings is 3. The van der Waals surface area contributed by atoms with Gasteiger partial charge in [0.1, 0.15) is 0 Å². The molecule has 1 aliphatic rings. The van der Waals surface area contributed by atoms with E-state index in [4.69, 9.17) is 0 Å². The van der Waals surface area contributed by atoms with Crippen molar-refractivity contribution in [1.82, 2.24) is 5.32 Å². The van der Waals surface area contributed by atoms with E-state index in [9.17, 15) is 19.5 Å². The maximum absolute atomic E-state index is 13.3. The number of aliphatic carboxylic acids is 1. The molecule has 0 spiro atoms. The van der Waals surface area contributed by atoms with Gasteiger partial charge in [-0.25, -0.2) is 0 Å². The van der Waals surface area contributed by atoms with Gasteiger partial charge in [-0.2, -0.15) is 0 Å². The Kier molecular flexibility index (Phi) is 8.54. The van der Waals surface area contributed by atoms with Crippen LogP contribution in [0.2, 0.25) is 0 Å². The summed E-state index contributed by atoms with van der Waals surface area (Å²) in [5.74, 6) is -1.20. The number of hydrogen-bond acceptors (Lipinski definition) is 3. The van der Waals surface area contributed by atoms with E-state index in [1.165, 1.54) is 0 Å². The third-order valence-corrected chi connectivity index (χ3v) is 7.05. The average Bonchev–Trinajstić information content (AvgIpc) is 3.38. The summed E-state index contributed by atoms with van der Waals surface area (Å²) >= 11 is 3.40. The normalized spacial score (nSPS) is 14.2. The maximum atomic E-state index is 13.3. The highest BCUT2D eigenvalue weighted by atomic mass is 79.9. The van der Waals surface area contributed by atoms with Gasteiger partial charge in [0.25, 0.3) is 5.91 Å². The van der Waals surface area contributed by atoms with Crippen LogP contribution in [0.3, 0.4) is 0 Å². The van der Waals surface area contributed by atoms with Crippen LogP contribution in [-0.2, 0) is 9.59 Å². The van der Waals surface area contributed by atoms with Crippen LogP contribution in [0.15, 0.2) is 77.3 Å². The zero-order chi connectivity index (χ0) is 25.5. The molecule has 3 aromatic rings. The first-order valence-electron chi connectivity index (χ1n) is 12.2. The smallest absolute Gasteiger partial charge is 0.305 e. The molecule has 186 valence electrons. The summed E-state index contributed by atoms with van der Waals surface area (Å²) in [6, 6.07) is 21.7. The second-order valence-corrected chi connectivity index (χ2v) is 10.1. The van der Waals surface area contributed by atoms with E-state index >= 15 is 0 Å². The molecule has 1 saturated carbocycles. The van der Waals surface area contributed by atoms with Crippen LogP contribution >= 0.6 is 15.9 Å². The summed E-state index contributed by atoms with van der Waals surface area (Å²) in [5.41, 5.74) is 3.42. The van der Waals surface area contributed by atoms with Gasteiger partial charge in [-0.05, 0) is 53.6 Å². The van der Waals surface area contributed by atoms with Crippen LogP contribution < -0.4 is 10.6 Å². The van der Waals surface area contributed by atoms with Crippen molar-refractivity contribution < 1.29 is 19.5 Å². The van der Waals surface area contributed by atoms with Gasteiger partial charge in [0.2, 0.25) is 5.91 Å². The van der Waals surface area contributed by atoms with Crippen LogP contribution in [0.5, 0.6) is 0 Å². The summed E-state index contributed by atoms with van der Waals surface area (Å²) in [5, 5.41) is 15.2. The Labute approximate surface area is 219 Å². The van der Waals surface area contributed by atoms with E-state index in [1.54, 1.807) is 18.2 Å². The Balaban J connectivity index is 1.52. The van der Waals surface area contributed by atoms with Gasteiger partial charge in [-0.1, -0.05) is 83.4 Å². The minimum Gasteiger partial charge on any atom is -0.481 e. The van der Waals surface area contributed by atoms with Gasteiger partial charge in [0.05, 0.1) is 23.7 Å². The zero-order valence-corrected chi connectivity index (χ0v) is 21.5. The number of carbonyl (C=O) groups excluding carboxylic acids is 2. The quantitative estimate of drug-likeness (QED) is 0.281. The Hall–Kier alpha value is -3.45. The van der Waals surface area contributed by atoms with E-state index in [0.717, 1.165) is 36.8 Å². The Morgan fingerprint density at radius 2 is 1.58 bits per heavy atom. The van der Waals surface area contributed by atoms with Crippen molar-refractivity contribution in [2.45, 2.75) is 44.6 Å². The molecule has 6 nitrogen and oxygen atoms in total. The zero-order valence-electron chi connectivity index (χ0n) is 19.9. The lowest BCUT2D eigenvalue weighted by atomic mass is 9.98. The van der Waals surface area contributed by atoms with Gasteiger partial charge < -0.3 is 15.7 Å². The van der Waals surface area contributed by atoms with Crippen LogP contribution in [0, 0.1) is 5.92 Å². The van der Waals surface area contributed by atoms with Crippen molar-refractivity contribution >= 4 is 39.4 Å². The summed E-state index contributed by atoms with van der Waals surface area (Å²) in [7, 11) is 0. The van der Waals surface area contributed by atoms with E-state index < -0.39 is 17.9 Å². The molecular formula is C29H29BrN2O4. The van der Waals surface area contributed by atoms with Gasteiger partial charge in [0, 0.05) is 10.9 Å². The predicted molar refractivity (Wildman–Crippen MR) is 144 cm³/mol. The molecule has 1 atom stereocenters. The first-order chi connectivity index (χ1) is 17.4. The van der Waals surface area contributed by atoms with Crippen molar-refractivity contribution in [3.63, 3.8) is 0 Å². The van der Waals surface area contributed by atoms with Crippen LogP contribution in [0.4, 0.5) is 5.69 Å². The fourth-order valence-corrected chi connectivity index (χ4v) is 5.05. The van der Waals surface area contributed by atoms with Crippen molar-refractivity contribution in [3.8, 4) is 11.1 Å². The molecule has 1 fully saturated rings. The Morgan fingerprint density at radius 1 is 0.917 bits per heavy atom. The summed E-state index contributed by atoms with van der Waals surface area (Å²) < 4.78 is 0.684. The number of carbonyl (C=O) groups is 3. The van der Waals surface area contributed by atoms with Gasteiger partial charge >= 0.3 is 5.97 Å². The third kappa shape index (κ3) is 6.82. The van der Waals surface area contributed by atoms with Gasteiger partial charge in [0.15, 0.2) is 0 Å². The maximum Gasteiger partial charge on any atom is 0.305 e. The summed E-state index contributed by atoms with van der Waals surface area (Å²) in [4.78, 5) is 37.6. The molecule has 0 aromatic heterocycles. The molecule has 0 radical (unpaired) electrons. The average molecular weight is 549 g/mol. The molecular weight excluding hydrogens is 520 g/mol. The fourth-order valence-electron chi connectivity index (χ4n) is 4.69. The molecule has 3 N–H and O–H groups in total. The van der Waals surface area contributed by atoms with E-state index in [-0.39, 0.29) is 17.9 Å². The molecule has 4 rings (SSSR count). The summed E-state index contributed by atoms with van der Waals surface area (Å²) in [6.07, 6.45) is 4.59. The highest BCUT2D eigenvalue weighted by Crippen LogP contribution is 2.29. The highest BCUT2D eigenvalue weighted by molar-refractivity contribution is 9.10. The molecule has 3 aromatic carbocycles. The lowest BCUT2D eigenvalue weighted by molar-refractivity contribution is -0.137. The standard InChI is InChI=1S/C29H29BrN2O4/c30-23-14-15-25(31-27(33)16-19-6-4-5-7-19)24(17-23)29(36)32-26(18-28(34)35)22-12-10-21(11-13-22)20-8-2-1-3-9-20/h1-3,8-15,17,19,26H,4-7,16,18H2,(H,31,33)(H,32,36)(H,34,35). The fraction of sp³-hybridized carbons (Fsp3) is 0.276. The number of carboxylic acid groups (broad SMARTS) is 1. The van der Waals surface area contributed by atoms with Crippen LogP contribution in [0.1, 0.15) is 60.5 Å². The molecule has 0 aliphatic heterocycles. The first kappa shape index (κ1) is 25.6. The molecule has 0 bridgehead atoms. The minimum atomic E-state index is -1.02. The topological polar surface area (TPSA) is 95.5 Å². The molecule has 7 heteroatoms. The number of carboxylic acids is 1. The van der Waals surface area contributed by atoms with Gasteiger partial charge in [-0.3, -0.25) is 14.4 Å².